The first-order chi connectivity index (χ1) is 9.47. The molecule has 0 saturated heterocycles. The van der Waals surface area contributed by atoms with Crippen molar-refractivity contribution in [1.29, 1.82) is 0 Å². The van der Waals surface area contributed by atoms with Crippen molar-refractivity contribution in [3.05, 3.63) is 28.8 Å². The lowest BCUT2D eigenvalue weighted by Crippen LogP contribution is -2.44. The minimum atomic E-state index is -0.802. The van der Waals surface area contributed by atoms with Crippen LogP contribution in [-0.2, 0) is 11.3 Å². The highest BCUT2D eigenvalue weighted by atomic mass is 35.5. The van der Waals surface area contributed by atoms with Crippen molar-refractivity contribution >= 4 is 23.5 Å². The molecule has 7 heteroatoms. The van der Waals surface area contributed by atoms with Gasteiger partial charge in [0.05, 0.1) is 0 Å². The molecule has 0 aliphatic heterocycles. The molecule has 0 aromatic heterocycles. The normalized spacial score (nSPS) is 11.6. The van der Waals surface area contributed by atoms with E-state index in [1.807, 2.05) is 0 Å². The molecule has 0 aliphatic carbocycles. The summed E-state index contributed by atoms with van der Waals surface area (Å²) in [6.07, 6.45) is -0.802. The van der Waals surface area contributed by atoms with Crippen LogP contribution in [0.15, 0.2) is 18.2 Å². The lowest BCUT2D eigenvalue weighted by Gasteiger charge is -2.17. The van der Waals surface area contributed by atoms with Gasteiger partial charge in [-0.15, -0.1) is 0 Å². The summed E-state index contributed by atoms with van der Waals surface area (Å²) < 4.78 is 5.57. The average molecular weight is 300 g/mol. The first-order valence-corrected chi connectivity index (χ1v) is 6.48. The molecule has 1 rings (SSSR count). The summed E-state index contributed by atoms with van der Waals surface area (Å²) in [6, 6.07) is 4.56. The lowest BCUT2D eigenvalue weighted by atomic mass is 10.2. The second kappa shape index (κ2) is 7.72. The van der Waals surface area contributed by atoms with Crippen LogP contribution >= 0.6 is 11.6 Å². The lowest BCUT2D eigenvalue weighted by molar-refractivity contribution is -0.126. The predicted octanol–water partition coefficient (Wildman–Crippen LogP) is 1.28. The number of rotatable bonds is 5. The second-order valence-corrected chi connectivity index (χ2v) is 4.55. The van der Waals surface area contributed by atoms with E-state index in [0.717, 1.165) is 5.56 Å². The summed E-state index contributed by atoms with van der Waals surface area (Å²) >= 11 is 5.92. The highest BCUT2D eigenvalue weighted by Gasteiger charge is 2.18. The molecule has 110 valence electrons. The summed E-state index contributed by atoms with van der Waals surface area (Å²) in [6.45, 7) is 2.12. The topological polar surface area (TPSA) is 79.5 Å². The Morgan fingerprint density at radius 3 is 2.65 bits per heavy atom. The minimum Gasteiger partial charge on any atom is -0.481 e. The molecule has 1 unspecified atom stereocenters. The van der Waals surface area contributed by atoms with Gasteiger partial charge in [-0.05, 0) is 32.2 Å². The molecule has 1 atom stereocenters. The third-order valence-corrected chi connectivity index (χ3v) is 2.76. The van der Waals surface area contributed by atoms with Crippen molar-refractivity contribution in [3.8, 4) is 5.75 Å². The van der Waals surface area contributed by atoms with Gasteiger partial charge in [0, 0.05) is 24.2 Å². The maximum Gasteiger partial charge on any atom is 0.321 e. The second-order valence-electron chi connectivity index (χ2n) is 4.11. The molecule has 0 spiro atoms. The van der Waals surface area contributed by atoms with Gasteiger partial charge in [-0.3, -0.25) is 10.1 Å². The van der Waals surface area contributed by atoms with Crippen LogP contribution in [0, 0.1) is 0 Å². The van der Waals surface area contributed by atoms with E-state index in [0.29, 0.717) is 17.3 Å². The monoisotopic (exact) mass is 299 g/mol. The smallest absolute Gasteiger partial charge is 0.321 e. The van der Waals surface area contributed by atoms with Crippen molar-refractivity contribution in [3.63, 3.8) is 0 Å². The molecule has 1 aromatic carbocycles. The molecular weight excluding hydrogens is 282 g/mol. The van der Waals surface area contributed by atoms with Crippen molar-refractivity contribution in [2.45, 2.75) is 19.6 Å². The van der Waals surface area contributed by atoms with E-state index >= 15 is 0 Å². The third-order valence-electron chi connectivity index (χ3n) is 2.53. The van der Waals surface area contributed by atoms with E-state index in [1.165, 1.54) is 7.05 Å². The number of ether oxygens (including phenoxy) is 1. The summed E-state index contributed by atoms with van der Waals surface area (Å²) in [5, 5.41) is 8.04. The number of amides is 3. The van der Waals surface area contributed by atoms with Crippen LogP contribution in [0.4, 0.5) is 4.79 Å². The van der Waals surface area contributed by atoms with Crippen LogP contribution < -0.4 is 20.7 Å². The zero-order valence-corrected chi connectivity index (χ0v) is 12.4. The van der Waals surface area contributed by atoms with Crippen LogP contribution in [0.1, 0.15) is 12.5 Å². The van der Waals surface area contributed by atoms with E-state index in [9.17, 15) is 9.59 Å². The van der Waals surface area contributed by atoms with Gasteiger partial charge in [-0.2, -0.15) is 0 Å². The number of carbonyl (C=O) groups excluding carboxylic acids is 2. The molecule has 0 radical (unpaired) electrons. The third kappa shape index (κ3) is 4.71. The molecule has 0 fully saturated rings. The zero-order chi connectivity index (χ0) is 15.1. The summed E-state index contributed by atoms with van der Waals surface area (Å²) in [5.74, 6) is 0.0259. The Hall–Kier alpha value is -1.79. The van der Waals surface area contributed by atoms with Crippen molar-refractivity contribution in [1.82, 2.24) is 16.0 Å². The number of hydrogen-bond acceptors (Lipinski definition) is 4. The number of urea groups is 1. The molecule has 1 aromatic rings. The summed E-state index contributed by atoms with van der Waals surface area (Å²) in [5.41, 5.74) is 0.833. The Kier molecular flexibility index (Phi) is 6.27. The number of benzene rings is 1. The fourth-order valence-corrected chi connectivity index (χ4v) is 1.71. The van der Waals surface area contributed by atoms with E-state index in [2.05, 4.69) is 16.0 Å². The van der Waals surface area contributed by atoms with Crippen LogP contribution in [0.25, 0.3) is 0 Å². The fourth-order valence-electron chi connectivity index (χ4n) is 1.51. The molecular formula is C13H18ClN3O3. The Morgan fingerprint density at radius 2 is 2.05 bits per heavy atom. The first kappa shape index (κ1) is 16.3. The number of halogens is 1. The van der Waals surface area contributed by atoms with Gasteiger partial charge in [0.15, 0.2) is 6.10 Å². The number of nitrogens with one attached hydrogen (secondary N) is 3. The van der Waals surface area contributed by atoms with Gasteiger partial charge in [-0.1, -0.05) is 11.6 Å². The van der Waals surface area contributed by atoms with Crippen LogP contribution in [0.2, 0.25) is 5.02 Å². The summed E-state index contributed by atoms with van der Waals surface area (Å²) in [4.78, 5) is 22.8. The van der Waals surface area contributed by atoms with Crippen molar-refractivity contribution < 1.29 is 14.3 Å². The highest BCUT2D eigenvalue weighted by Crippen LogP contribution is 2.23. The van der Waals surface area contributed by atoms with Gasteiger partial charge in [0.1, 0.15) is 5.75 Å². The highest BCUT2D eigenvalue weighted by molar-refractivity contribution is 6.30. The SMILES string of the molecule is CNCc1cc(Cl)ccc1OC(C)C(=O)NC(=O)NC. The average Bonchev–Trinajstić information content (AvgIpc) is 2.41. The predicted molar refractivity (Wildman–Crippen MR) is 76.9 cm³/mol. The Labute approximate surface area is 122 Å². The molecule has 0 heterocycles. The minimum absolute atomic E-state index is 0.519. The van der Waals surface area contributed by atoms with Gasteiger partial charge >= 0.3 is 6.03 Å². The maximum atomic E-state index is 11.7. The van der Waals surface area contributed by atoms with Crippen LogP contribution in [0.5, 0.6) is 5.75 Å². The van der Waals surface area contributed by atoms with E-state index in [-0.39, 0.29) is 0 Å². The van der Waals surface area contributed by atoms with Gasteiger partial charge in [0.2, 0.25) is 0 Å². The van der Waals surface area contributed by atoms with Crippen molar-refractivity contribution in [2.24, 2.45) is 0 Å². The van der Waals surface area contributed by atoms with Crippen LogP contribution in [-0.4, -0.2) is 32.1 Å². The van der Waals surface area contributed by atoms with Crippen molar-refractivity contribution in [2.75, 3.05) is 14.1 Å². The molecule has 0 saturated carbocycles. The number of hydrogen-bond donors (Lipinski definition) is 3. The molecule has 6 nitrogen and oxygen atoms in total. The molecule has 0 bridgehead atoms. The fraction of sp³-hybridized carbons (Fsp3) is 0.385. The molecule has 3 amide bonds. The largest absolute Gasteiger partial charge is 0.481 e. The van der Waals surface area contributed by atoms with E-state index in [4.69, 9.17) is 16.3 Å². The quantitative estimate of drug-likeness (QED) is 0.765. The molecule has 3 N–H and O–H groups in total. The summed E-state index contributed by atoms with van der Waals surface area (Å²) in [7, 11) is 3.23. The first-order valence-electron chi connectivity index (χ1n) is 6.10. The van der Waals surface area contributed by atoms with E-state index < -0.39 is 18.0 Å². The number of imide groups is 1. The Bertz CT molecular complexity index is 494. The molecule has 0 aliphatic rings. The van der Waals surface area contributed by atoms with Gasteiger partial charge in [-0.25, -0.2) is 4.79 Å². The van der Waals surface area contributed by atoms with Crippen LogP contribution in [0.3, 0.4) is 0 Å². The zero-order valence-electron chi connectivity index (χ0n) is 11.6. The number of carbonyl (C=O) groups is 2. The maximum absolute atomic E-state index is 11.7. The van der Waals surface area contributed by atoms with E-state index in [1.54, 1.807) is 32.2 Å². The van der Waals surface area contributed by atoms with Gasteiger partial charge < -0.3 is 15.4 Å². The molecule has 20 heavy (non-hydrogen) atoms. The Morgan fingerprint density at radius 1 is 1.35 bits per heavy atom. The van der Waals surface area contributed by atoms with Gasteiger partial charge in [0.25, 0.3) is 5.91 Å². The standard InChI is InChI=1S/C13H18ClN3O3/c1-8(12(18)17-13(19)16-3)20-11-5-4-10(14)6-9(11)7-15-2/h4-6,8,15H,7H2,1-3H3,(H2,16,17,18,19). The Balaban J connectivity index is 2.76.